The van der Waals surface area contributed by atoms with Gasteiger partial charge < -0.3 is 15.7 Å². The molecule has 0 spiro atoms. The van der Waals surface area contributed by atoms with Crippen molar-refractivity contribution < 1.29 is 14.7 Å². The van der Waals surface area contributed by atoms with Crippen LogP contribution in [-0.4, -0.2) is 36.1 Å². The smallest absolute Gasteiger partial charge is 0.335 e. The van der Waals surface area contributed by atoms with Crippen LogP contribution in [0, 0.1) is 0 Å². The summed E-state index contributed by atoms with van der Waals surface area (Å²) in [5.41, 5.74) is 1.20. The van der Waals surface area contributed by atoms with E-state index in [9.17, 15) is 9.59 Å². The van der Waals surface area contributed by atoms with Gasteiger partial charge in [-0.05, 0) is 43.5 Å². The van der Waals surface area contributed by atoms with Gasteiger partial charge in [-0.15, -0.1) is 0 Å². The van der Waals surface area contributed by atoms with Crippen LogP contribution in [0.1, 0.15) is 35.2 Å². The Morgan fingerprint density at radius 2 is 2.20 bits per heavy atom. The number of hydrogen-bond acceptors (Lipinski definition) is 3. The Hall–Kier alpha value is -1.88. The van der Waals surface area contributed by atoms with Gasteiger partial charge >= 0.3 is 5.97 Å². The van der Waals surface area contributed by atoms with Crippen molar-refractivity contribution in [2.24, 2.45) is 0 Å². The molecule has 1 heterocycles. The second-order valence-electron chi connectivity index (χ2n) is 5.05. The first-order valence-corrected chi connectivity index (χ1v) is 7.00. The molecule has 3 N–H and O–H groups in total. The Kier molecular flexibility index (Phi) is 5.12. The van der Waals surface area contributed by atoms with Crippen LogP contribution < -0.4 is 10.6 Å². The number of nitrogens with one attached hydrogen (secondary N) is 2. The molecule has 1 aliphatic rings. The lowest BCUT2D eigenvalue weighted by atomic mass is 10.0. The molecule has 1 fully saturated rings. The SMILES string of the molecule is O=C(O)c1cccc(CCNC(=O)C2CCCCN2)c1. The lowest BCUT2D eigenvalue weighted by molar-refractivity contribution is -0.123. The number of carbonyl (C=O) groups is 2. The number of carboxylic acids is 1. The molecule has 20 heavy (non-hydrogen) atoms. The Morgan fingerprint density at radius 1 is 1.35 bits per heavy atom. The number of carbonyl (C=O) groups excluding carboxylic acids is 1. The van der Waals surface area contributed by atoms with Gasteiger partial charge in [-0.1, -0.05) is 18.6 Å². The zero-order valence-corrected chi connectivity index (χ0v) is 11.4. The van der Waals surface area contributed by atoms with E-state index in [-0.39, 0.29) is 17.5 Å². The molecule has 5 heteroatoms. The number of hydrogen-bond donors (Lipinski definition) is 3. The Labute approximate surface area is 118 Å². The van der Waals surface area contributed by atoms with Crippen LogP contribution in [0.15, 0.2) is 24.3 Å². The first-order chi connectivity index (χ1) is 9.66. The van der Waals surface area contributed by atoms with Gasteiger partial charge in [-0.2, -0.15) is 0 Å². The van der Waals surface area contributed by atoms with Crippen LogP contribution in [0.5, 0.6) is 0 Å². The summed E-state index contributed by atoms with van der Waals surface area (Å²) in [6, 6.07) is 6.74. The summed E-state index contributed by atoms with van der Waals surface area (Å²) in [6.45, 7) is 1.43. The molecule has 2 rings (SSSR count). The average molecular weight is 276 g/mol. The minimum Gasteiger partial charge on any atom is -0.478 e. The van der Waals surface area contributed by atoms with Gasteiger partial charge in [-0.25, -0.2) is 4.79 Å². The van der Waals surface area contributed by atoms with Gasteiger partial charge in [0.1, 0.15) is 0 Å². The van der Waals surface area contributed by atoms with E-state index in [1.165, 1.54) is 0 Å². The van der Waals surface area contributed by atoms with Gasteiger partial charge in [0, 0.05) is 6.54 Å². The topological polar surface area (TPSA) is 78.4 Å². The monoisotopic (exact) mass is 276 g/mol. The molecule has 1 atom stereocenters. The zero-order chi connectivity index (χ0) is 14.4. The van der Waals surface area contributed by atoms with Crippen molar-refractivity contribution in [3.05, 3.63) is 35.4 Å². The van der Waals surface area contributed by atoms with Gasteiger partial charge in [0.2, 0.25) is 5.91 Å². The molecule has 0 radical (unpaired) electrons. The summed E-state index contributed by atoms with van der Waals surface area (Å²) in [6.07, 6.45) is 3.75. The minimum absolute atomic E-state index is 0.0408. The van der Waals surface area contributed by atoms with Crippen molar-refractivity contribution in [3.8, 4) is 0 Å². The van der Waals surface area contributed by atoms with Crippen molar-refractivity contribution in [1.29, 1.82) is 0 Å². The number of piperidine rings is 1. The molecule has 0 aromatic heterocycles. The third-order valence-corrected chi connectivity index (χ3v) is 3.51. The fourth-order valence-electron chi connectivity index (χ4n) is 2.39. The van der Waals surface area contributed by atoms with Crippen molar-refractivity contribution in [2.45, 2.75) is 31.7 Å². The molecular formula is C15H20N2O3. The maximum absolute atomic E-state index is 11.9. The van der Waals surface area contributed by atoms with Crippen molar-refractivity contribution in [3.63, 3.8) is 0 Å². The molecular weight excluding hydrogens is 256 g/mol. The van der Waals surface area contributed by atoms with Crippen LogP contribution >= 0.6 is 0 Å². The Balaban J connectivity index is 1.79. The van der Waals surface area contributed by atoms with Crippen LogP contribution in [-0.2, 0) is 11.2 Å². The fourth-order valence-corrected chi connectivity index (χ4v) is 2.39. The van der Waals surface area contributed by atoms with E-state index in [1.807, 2.05) is 6.07 Å². The van der Waals surface area contributed by atoms with Crippen LogP contribution in [0.25, 0.3) is 0 Å². The lowest BCUT2D eigenvalue weighted by Crippen LogP contribution is -2.47. The Morgan fingerprint density at radius 3 is 2.90 bits per heavy atom. The second kappa shape index (κ2) is 7.05. The Bertz CT molecular complexity index is 482. The van der Waals surface area contributed by atoms with Gasteiger partial charge in [0.25, 0.3) is 0 Å². The zero-order valence-electron chi connectivity index (χ0n) is 11.4. The molecule has 5 nitrogen and oxygen atoms in total. The molecule has 1 saturated heterocycles. The van der Waals surface area contributed by atoms with Crippen LogP contribution in [0.4, 0.5) is 0 Å². The van der Waals surface area contributed by atoms with E-state index < -0.39 is 5.97 Å². The highest BCUT2D eigenvalue weighted by Crippen LogP contribution is 2.08. The van der Waals surface area contributed by atoms with Gasteiger partial charge in [0.15, 0.2) is 0 Å². The van der Waals surface area contributed by atoms with E-state index in [0.29, 0.717) is 13.0 Å². The molecule has 108 valence electrons. The summed E-state index contributed by atoms with van der Waals surface area (Å²) in [7, 11) is 0. The first-order valence-electron chi connectivity index (χ1n) is 7.00. The summed E-state index contributed by atoms with van der Waals surface area (Å²) < 4.78 is 0. The number of aromatic carboxylic acids is 1. The van der Waals surface area contributed by atoms with E-state index >= 15 is 0 Å². The van der Waals surface area contributed by atoms with Gasteiger partial charge in [0.05, 0.1) is 11.6 Å². The van der Waals surface area contributed by atoms with Gasteiger partial charge in [-0.3, -0.25) is 4.79 Å². The van der Waals surface area contributed by atoms with Crippen molar-refractivity contribution in [1.82, 2.24) is 10.6 Å². The molecule has 0 aliphatic carbocycles. The highest BCUT2D eigenvalue weighted by atomic mass is 16.4. The maximum atomic E-state index is 11.9. The normalized spacial score (nSPS) is 18.5. The molecule has 1 aliphatic heterocycles. The van der Waals surface area contributed by atoms with E-state index in [1.54, 1.807) is 18.2 Å². The molecule has 1 amide bonds. The van der Waals surface area contributed by atoms with Crippen LogP contribution in [0.3, 0.4) is 0 Å². The standard InChI is InChI=1S/C15H20N2O3/c18-14(13-6-1-2-8-16-13)17-9-7-11-4-3-5-12(10-11)15(19)20/h3-5,10,13,16H,1-2,6-9H2,(H,17,18)(H,19,20). The molecule has 0 bridgehead atoms. The molecule has 1 aromatic rings. The fraction of sp³-hybridized carbons (Fsp3) is 0.467. The highest BCUT2D eigenvalue weighted by molar-refractivity contribution is 5.87. The summed E-state index contributed by atoms with van der Waals surface area (Å²) in [5, 5.41) is 15.0. The number of benzene rings is 1. The molecule has 1 aromatic carbocycles. The van der Waals surface area contributed by atoms with E-state index in [0.717, 1.165) is 31.4 Å². The first kappa shape index (κ1) is 14.5. The van der Waals surface area contributed by atoms with E-state index in [2.05, 4.69) is 10.6 Å². The molecule has 0 saturated carbocycles. The van der Waals surface area contributed by atoms with Crippen LogP contribution in [0.2, 0.25) is 0 Å². The third kappa shape index (κ3) is 4.06. The minimum atomic E-state index is -0.928. The highest BCUT2D eigenvalue weighted by Gasteiger charge is 2.19. The molecule has 1 unspecified atom stereocenters. The number of carboxylic acid groups (broad SMARTS) is 1. The predicted molar refractivity (Wildman–Crippen MR) is 75.8 cm³/mol. The summed E-state index contributed by atoms with van der Waals surface area (Å²) in [5.74, 6) is -0.888. The number of amides is 1. The lowest BCUT2D eigenvalue weighted by Gasteiger charge is -2.22. The largest absolute Gasteiger partial charge is 0.478 e. The quantitative estimate of drug-likeness (QED) is 0.754. The van der Waals surface area contributed by atoms with Crippen molar-refractivity contribution in [2.75, 3.05) is 13.1 Å². The maximum Gasteiger partial charge on any atom is 0.335 e. The third-order valence-electron chi connectivity index (χ3n) is 3.51. The van der Waals surface area contributed by atoms with E-state index in [4.69, 9.17) is 5.11 Å². The predicted octanol–water partition coefficient (Wildman–Crippen LogP) is 1.19. The second-order valence-corrected chi connectivity index (χ2v) is 5.05. The number of rotatable bonds is 5. The summed E-state index contributed by atoms with van der Waals surface area (Å²) in [4.78, 5) is 22.8. The summed E-state index contributed by atoms with van der Waals surface area (Å²) >= 11 is 0. The average Bonchev–Trinajstić information content (AvgIpc) is 2.48. The van der Waals surface area contributed by atoms with Crippen molar-refractivity contribution >= 4 is 11.9 Å².